The summed E-state index contributed by atoms with van der Waals surface area (Å²) in [6.45, 7) is 14.2. The van der Waals surface area contributed by atoms with Crippen LogP contribution in [-0.4, -0.2) is 54.3 Å². The highest BCUT2D eigenvalue weighted by atomic mass is 16.2. The number of nitrogens with zero attached hydrogens (tertiary/aromatic N) is 2. The molecule has 5 heteroatoms. The molecule has 3 atom stereocenters. The molecule has 0 saturated carbocycles. The van der Waals surface area contributed by atoms with Crippen molar-refractivity contribution in [1.82, 2.24) is 9.80 Å². The van der Waals surface area contributed by atoms with Crippen molar-refractivity contribution in [2.24, 2.45) is 11.8 Å². The first-order valence-electron chi connectivity index (χ1n) is 9.95. The Kier molecular flexibility index (Phi) is 7.04. The standard InChI is InChI=1S/C22H35N3O2/c1-14-9-17(4)21(18(5)10-14)23-20(26)13-24(7)19(6)22(27)25-11-15(2)8-16(3)12-25/h9-10,15-16,19H,8,11-13H2,1-7H3,(H,23,26)/t15-,16+,19-/m1/s1. The van der Waals surface area contributed by atoms with Crippen molar-refractivity contribution in [3.8, 4) is 0 Å². The number of nitrogens with one attached hydrogen (secondary N) is 1. The predicted molar refractivity (Wildman–Crippen MR) is 111 cm³/mol. The van der Waals surface area contributed by atoms with Crippen molar-refractivity contribution in [3.05, 3.63) is 28.8 Å². The summed E-state index contributed by atoms with van der Waals surface area (Å²) < 4.78 is 0. The van der Waals surface area contributed by atoms with Crippen LogP contribution < -0.4 is 5.32 Å². The van der Waals surface area contributed by atoms with E-state index in [1.165, 1.54) is 12.0 Å². The molecule has 0 bridgehead atoms. The summed E-state index contributed by atoms with van der Waals surface area (Å²) in [7, 11) is 1.84. The highest BCUT2D eigenvalue weighted by Crippen LogP contribution is 2.23. The van der Waals surface area contributed by atoms with E-state index in [1.807, 2.05) is 37.6 Å². The summed E-state index contributed by atoms with van der Waals surface area (Å²) in [6, 6.07) is 3.82. The van der Waals surface area contributed by atoms with Crippen LogP contribution in [-0.2, 0) is 9.59 Å². The molecule has 0 aliphatic carbocycles. The zero-order valence-electron chi connectivity index (χ0n) is 17.9. The number of anilines is 1. The summed E-state index contributed by atoms with van der Waals surface area (Å²) in [5.41, 5.74) is 4.17. The second-order valence-electron chi connectivity index (χ2n) is 8.60. The number of benzene rings is 1. The fourth-order valence-electron chi connectivity index (χ4n) is 4.22. The largest absolute Gasteiger partial charge is 0.341 e. The van der Waals surface area contributed by atoms with Gasteiger partial charge in [0.15, 0.2) is 0 Å². The van der Waals surface area contributed by atoms with E-state index in [0.717, 1.165) is 29.9 Å². The average molecular weight is 374 g/mol. The zero-order chi connectivity index (χ0) is 20.3. The fourth-order valence-corrected chi connectivity index (χ4v) is 4.22. The summed E-state index contributed by atoms with van der Waals surface area (Å²) in [6.07, 6.45) is 1.17. The molecule has 1 aromatic carbocycles. The first-order valence-corrected chi connectivity index (χ1v) is 9.95. The number of hydrogen-bond acceptors (Lipinski definition) is 3. The van der Waals surface area contributed by atoms with E-state index in [2.05, 4.69) is 38.2 Å². The predicted octanol–water partition coefficient (Wildman–Crippen LogP) is 3.38. The molecule has 0 aromatic heterocycles. The molecule has 1 saturated heterocycles. The molecule has 0 radical (unpaired) electrons. The number of piperidine rings is 1. The summed E-state index contributed by atoms with van der Waals surface area (Å²) in [4.78, 5) is 29.2. The van der Waals surface area contributed by atoms with E-state index >= 15 is 0 Å². The first kappa shape index (κ1) is 21.4. The number of hydrogen-bond donors (Lipinski definition) is 1. The molecule has 5 nitrogen and oxygen atoms in total. The highest BCUT2D eigenvalue weighted by molar-refractivity contribution is 5.94. The van der Waals surface area contributed by atoms with Crippen LogP contribution in [0.15, 0.2) is 12.1 Å². The van der Waals surface area contributed by atoms with Crippen molar-refractivity contribution in [3.63, 3.8) is 0 Å². The third kappa shape index (κ3) is 5.55. The van der Waals surface area contributed by atoms with Gasteiger partial charge >= 0.3 is 0 Å². The van der Waals surface area contributed by atoms with Crippen LogP contribution in [0, 0.1) is 32.6 Å². The molecule has 2 amide bonds. The number of likely N-dealkylation sites (tertiary alicyclic amines) is 1. The lowest BCUT2D eigenvalue weighted by Gasteiger charge is -2.38. The SMILES string of the molecule is Cc1cc(C)c(NC(=O)CN(C)[C@H](C)C(=O)N2C[C@H](C)C[C@H](C)C2)c(C)c1. The number of carbonyl (C=O) groups excluding carboxylic acids is 2. The summed E-state index contributed by atoms with van der Waals surface area (Å²) >= 11 is 0. The minimum atomic E-state index is -0.312. The number of carbonyl (C=O) groups is 2. The Bertz CT molecular complexity index is 668. The lowest BCUT2D eigenvalue weighted by Crippen LogP contribution is -2.51. The van der Waals surface area contributed by atoms with E-state index in [4.69, 9.17) is 0 Å². The molecular weight excluding hydrogens is 338 g/mol. The molecule has 150 valence electrons. The maximum absolute atomic E-state index is 12.9. The molecule has 0 spiro atoms. The molecule has 1 aliphatic heterocycles. The van der Waals surface area contributed by atoms with Gasteiger partial charge in [0.2, 0.25) is 11.8 Å². The van der Waals surface area contributed by atoms with Crippen LogP contribution in [0.2, 0.25) is 0 Å². The zero-order valence-corrected chi connectivity index (χ0v) is 17.9. The second-order valence-corrected chi connectivity index (χ2v) is 8.60. The van der Waals surface area contributed by atoms with E-state index in [0.29, 0.717) is 11.8 Å². The smallest absolute Gasteiger partial charge is 0.239 e. The second kappa shape index (κ2) is 8.87. The molecule has 1 aromatic rings. The maximum atomic E-state index is 12.9. The van der Waals surface area contributed by atoms with Crippen molar-refractivity contribution < 1.29 is 9.59 Å². The van der Waals surface area contributed by atoms with Crippen LogP contribution in [0.3, 0.4) is 0 Å². The average Bonchev–Trinajstić information content (AvgIpc) is 2.55. The van der Waals surface area contributed by atoms with Gasteiger partial charge in [0, 0.05) is 18.8 Å². The van der Waals surface area contributed by atoms with Crippen LogP contribution in [0.4, 0.5) is 5.69 Å². The topological polar surface area (TPSA) is 52.7 Å². The van der Waals surface area contributed by atoms with Gasteiger partial charge < -0.3 is 10.2 Å². The Morgan fingerprint density at radius 3 is 2.19 bits per heavy atom. The van der Waals surface area contributed by atoms with Crippen molar-refractivity contribution in [1.29, 1.82) is 0 Å². The Morgan fingerprint density at radius 1 is 1.15 bits per heavy atom. The third-order valence-corrected chi connectivity index (χ3v) is 5.53. The monoisotopic (exact) mass is 373 g/mol. The van der Waals surface area contributed by atoms with E-state index in [1.54, 1.807) is 0 Å². The van der Waals surface area contributed by atoms with E-state index in [9.17, 15) is 9.59 Å². The highest BCUT2D eigenvalue weighted by Gasteiger charge is 2.30. The van der Waals surface area contributed by atoms with Gasteiger partial charge in [-0.05, 0) is 64.1 Å². The van der Waals surface area contributed by atoms with Gasteiger partial charge in [-0.1, -0.05) is 31.5 Å². The van der Waals surface area contributed by atoms with Crippen LogP contribution >= 0.6 is 0 Å². The molecule has 27 heavy (non-hydrogen) atoms. The molecule has 1 N–H and O–H groups in total. The fraction of sp³-hybridized carbons (Fsp3) is 0.636. The van der Waals surface area contributed by atoms with Gasteiger partial charge in [-0.3, -0.25) is 14.5 Å². The minimum absolute atomic E-state index is 0.0902. The van der Waals surface area contributed by atoms with E-state index in [-0.39, 0.29) is 24.4 Å². The number of rotatable bonds is 5. The Balaban J connectivity index is 1.96. The van der Waals surface area contributed by atoms with Crippen molar-refractivity contribution in [2.45, 2.75) is 54.0 Å². The van der Waals surface area contributed by atoms with Crippen LogP contribution in [0.5, 0.6) is 0 Å². The van der Waals surface area contributed by atoms with Gasteiger partial charge in [-0.25, -0.2) is 0 Å². The van der Waals surface area contributed by atoms with Gasteiger partial charge in [0.25, 0.3) is 0 Å². The number of likely N-dealkylation sites (N-methyl/N-ethyl adjacent to an activating group) is 1. The molecule has 1 heterocycles. The van der Waals surface area contributed by atoms with E-state index < -0.39 is 0 Å². The summed E-state index contributed by atoms with van der Waals surface area (Å²) in [5, 5.41) is 3.02. The molecule has 1 fully saturated rings. The third-order valence-electron chi connectivity index (χ3n) is 5.53. The van der Waals surface area contributed by atoms with Crippen LogP contribution in [0.1, 0.15) is 43.9 Å². The first-order chi connectivity index (χ1) is 12.6. The van der Waals surface area contributed by atoms with Crippen LogP contribution in [0.25, 0.3) is 0 Å². The van der Waals surface area contributed by atoms with Gasteiger partial charge in [-0.15, -0.1) is 0 Å². The molecule has 0 unspecified atom stereocenters. The van der Waals surface area contributed by atoms with Crippen molar-refractivity contribution in [2.75, 3.05) is 32.0 Å². The normalized spacial score (nSPS) is 21.3. The Labute approximate surface area is 164 Å². The van der Waals surface area contributed by atoms with Crippen molar-refractivity contribution >= 4 is 17.5 Å². The minimum Gasteiger partial charge on any atom is -0.341 e. The molecule has 2 rings (SSSR count). The number of aryl methyl sites for hydroxylation is 3. The lowest BCUT2D eigenvalue weighted by molar-refractivity contribution is -0.139. The Hall–Kier alpha value is -1.88. The Morgan fingerprint density at radius 2 is 1.67 bits per heavy atom. The van der Waals surface area contributed by atoms with Gasteiger partial charge in [0.05, 0.1) is 12.6 Å². The van der Waals surface area contributed by atoms with Gasteiger partial charge in [-0.2, -0.15) is 0 Å². The maximum Gasteiger partial charge on any atom is 0.239 e. The molecule has 1 aliphatic rings. The molecular formula is C22H35N3O2. The lowest BCUT2D eigenvalue weighted by atomic mass is 9.91. The number of amides is 2. The quantitative estimate of drug-likeness (QED) is 0.861. The van der Waals surface area contributed by atoms with Gasteiger partial charge in [0.1, 0.15) is 0 Å². The summed E-state index contributed by atoms with van der Waals surface area (Å²) in [5.74, 6) is 1.09.